The quantitative estimate of drug-likeness (QED) is 0.895. The van der Waals surface area contributed by atoms with Gasteiger partial charge in [-0.1, -0.05) is 12.8 Å². The predicted molar refractivity (Wildman–Crippen MR) is 87.3 cm³/mol. The molecule has 0 amide bonds. The van der Waals surface area contributed by atoms with Crippen molar-refractivity contribution in [2.24, 2.45) is 0 Å². The molecular formula is C16H26BrN3O. The van der Waals surface area contributed by atoms with Crippen LogP contribution in [-0.2, 0) is 0 Å². The minimum absolute atomic E-state index is 0.0777. The van der Waals surface area contributed by atoms with Crippen LogP contribution in [0, 0.1) is 0 Å². The van der Waals surface area contributed by atoms with Gasteiger partial charge in [-0.25, -0.2) is 0 Å². The molecule has 1 N–H and O–H groups in total. The molecule has 2 fully saturated rings. The summed E-state index contributed by atoms with van der Waals surface area (Å²) in [5, 5.41) is 15.8. The van der Waals surface area contributed by atoms with Crippen molar-refractivity contribution in [2.45, 2.75) is 70.1 Å². The van der Waals surface area contributed by atoms with Crippen molar-refractivity contribution in [3.05, 3.63) is 16.4 Å². The van der Waals surface area contributed by atoms with Gasteiger partial charge in [0.25, 0.3) is 0 Å². The van der Waals surface area contributed by atoms with Gasteiger partial charge in [0, 0.05) is 6.04 Å². The summed E-state index contributed by atoms with van der Waals surface area (Å²) in [4.78, 5) is 2.55. The average molecular weight is 356 g/mol. The highest BCUT2D eigenvalue weighted by molar-refractivity contribution is 9.10. The first-order valence-corrected chi connectivity index (χ1v) is 9.01. The first kappa shape index (κ1) is 15.5. The minimum atomic E-state index is -0.461. The highest BCUT2D eigenvalue weighted by atomic mass is 79.9. The standard InChI is InChI=1S/C16H26BrN3O/c1-12(2)20-14(13(17)11-18-20)15(21)16(7-3-4-8-16)19-9-5-6-10-19/h11-12,15,21H,3-10H2,1-2H3. The van der Waals surface area contributed by atoms with Gasteiger partial charge < -0.3 is 5.11 Å². The van der Waals surface area contributed by atoms with Crippen molar-refractivity contribution in [3.8, 4) is 0 Å². The van der Waals surface area contributed by atoms with Crippen LogP contribution in [-0.4, -0.2) is 38.4 Å². The van der Waals surface area contributed by atoms with Gasteiger partial charge in [-0.05, 0) is 68.6 Å². The van der Waals surface area contributed by atoms with E-state index in [0.29, 0.717) is 0 Å². The number of aliphatic hydroxyl groups excluding tert-OH is 1. The highest BCUT2D eigenvalue weighted by Crippen LogP contribution is 2.47. The lowest BCUT2D eigenvalue weighted by molar-refractivity contribution is -0.0251. The van der Waals surface area contributed by atoms with Crippen molar-refractivity contribution in [1.29, 1.82) is 0 Å². The van der Waals surface area contributed by atoms with Crippen molar-refractivity contribution < 1.29 is 5.11 Å². The Hall–Kier alpha value is -0.390. The summed E-state index contributed by atoms with van der Waals surface area (Å²) in [6, 6.07) is 0.262. The summed E-state index contributed by atoms with van der Waals surface area (Å²) in [7, 11) is 0. The van der Waals surface area contributed by atoms with E-state index in [1.165, 1.54) is 25.7 Å². The zero-order valence-electron chi connectivity index (χ0n) is 13.1. The molecule has 1 aromatic rings. The van der Waals surface area contributed by atoms with E-state index in [9.17, 15) is 5.11 Å². The monoisotopic (exact) mass is 355 g/mol. The van der Waals surface area contributed by atoms with Gasteiger partial charge in [-0.15, -0.1) is 0 Å². The van der Waals surface area contributed by atoms with Crippen molar-refractivity contribution in [2.75, 3.05) is 13.1 Å². The molecule has 1 aromatic heterocycles. The van der Waals surface area contributed by atoms with Gasteiger partial charge in [-0.2, -0.15) is 5.10 Å². The molecule has 1 saturated carbocycles. The molecule has 0 bridgehead atoms. The molecule has 1 aliphatic carbocycles. The van der Waals surface area contributed by atoms with E-state index in [1.807, 2.05) is 10.9 Å². The molecule has 5 heteroatoms. The van der Waals surface area contributed by atoms with E-state index in [2.05, 4.69) is 39.8 Å². The molecule has 2 aliphatic rings. The van der Waals surface area contributed by atoms with E-state index in [4.69, 9.17) is 0 Å². The van der Waals surface area contributed by atoms with Gasteiger partial charge in [-0.3, -0.25) is 9.58 Å². The maximum absolute atomic E-state index is 11.3. The summed E-state index contributed by atoms with van der Waals surface area (Å²) < 4.78 is 2.92. The Morgan fingerprint density at radius 2 is 1.81 bits per heavy atom. The third-order valence-electron chi connectivity index (χ3n) is 5.25. The maximum atomic E-state index is 11.3. The summed E-state index contributed by atoms with van der Waals surface area (Å²) in [5.41, 5.74) is 0.880. The molecule has 3 rings (SSSR count). The third-order valence-corrected chi connectivity index (χ3v) is 5.86. The number of rotatable bonds is 4. The molecule has 1 unspecified atom stereocenters. The second kappa shape index (κ2) is 6.01. The Morgan fingerprint density at radius 1 is 1.19 bits per heavy atom. The number of nitrogens with zero attached hydrogens (tertiary/aromatic N) is 3. The molecule has 118 valence electrons. The van der Waals surface area contributed by atoms with Crippen LogP contribution in [0.5, 0.6) is 0 Å². The second-order valence-corrected chi connectivity index (χ2v) is 7.68. The SMILES string of the molecule is CC(C)n1ncc(Br)c1C(O)C1(N2CCCC2)CCCC1. The van der Waals surface area contributed by atoms with Crippen molar-refractivity contribution in [1.82, 2.24) is 14.7 Å². The van der Waals surface area contributed by atoms with Gasteiger partial charge in [0.05, 0.1) is 21.9 Å². The van der Waals surface area contributed by atoms with Crippen LogP contribution in [0.1, 0.15) is 70.2 Å². The van der Waals surface area contributed by atoms with Crippen LogP contribution in [0.2, 0.25) is 0 Å². The summed E-state index contributed by atoms with van der Waals surface area (Å²) >= 11 is 3.60. The largest absolute Gasteiger partial charge is 0.385 e. The fourth-order valence-electron chi connectivity index (χ4n) is 4.18. The molecule has 0 aromatic carbocycles. The topological polar surface area (TPSA) is 41.3 Å². The highest BCUT2D eigenvalue weighted by Gasteiger charge is 2.48. The molecule has 4 nitrogen and oxygen atoms in total. The zero-order chi connectivity index (χ0) is 15.0. The number of halogens is 1. The van der Waals surface area contributed by atoms with Gasteiger partial charge in [0.2, 0.25) is 0 Å². The fraction of sp³-hybridized carbons (Fsp3) is 0.812. The number of likely N-dealkylation sites (tertiary alicyclic amines) is 1. The molecule has 1 saturated heterocycles. The maximum Gasteiger partial charge on any atom is 0.115 e. The Labute approximate surface area is 135 Å². The van der Waals surface area contributed by atoms with E-state index >= 15 is 0 Å². The lowest BCUT2D eigenvalue weighted by atomic mass is 9.86. The lowest BCUT2D eigenvalue weighted by Gasteiger charge is -2.43. The molecular weight excluding hydrogens is 330 g/mol. The zero-order valence-corrected chi connectivity index (χ0v) is 14.6. The predicted octanol–water partition coefficient (Wildman–Crippen LogP) is 3.67. The van der Waals surface area contributed by atoms with E-state index in [1.54, 1.807) is 0 Å². The van der Waals surface area contributed by atoms with Crippen LogP contribution in [0.4, 0.5) is 0 Å². The van der Waals surface area contributed by atoms with Crippen LogP contribution in [0.25, 0.3) is 0 Å². The average Bonchev–Trinajstić information content (AvgIpc) is 3.18. The fourth-order valence-corrected chi connectivity index (χ4v) is 4.67. The Kier molecular flexibility index (Phi) is 4.44. The number of aromatic nitrogens is 2. The van der Waals surface area contributed by atoms with E-state index < -0.39 is 6.10 Å². The van der Waals surface area contributed by atoms with Gasteiger partial charge in [0.1, 0.15) is 6.10 Å². The Balaban J connectivity index is 1.98. The molecule has 21 heavy (non-hydrogen) atoms. The Bertz CT molecular complexity index is 488. The minimum Gasteiger partial charge on any atom is -0.385 e. The normalized spacial score (nSPS) is 24.0. The first-order chi connectivity index (χ1) is 10.1. The van der Waals surface area contributed by atoms with E-state index in [0.717, 1.165) is 36.1 Å². The number of hydrogen-bond donors (Lipinski definition) is 1. The third kappa shape index (κ3) is 2.57. The molecule has 0 spiro atoms. The van der Waals surface area contributed by atoms with Crippen LogP contribution >= 0.6 is 15.9 Å². The summed E-state index contributed by atoms with van der Waals surface area (Å²) in [6.07, 6.45) is 8.54. The van der Waals surface area contributed by atoms with Crippen molar-refractivity contribution in [3.63, 3.8) is 0 Å². The second-order valence-electron chi connectivity index (χ2n) is 6.82. The molecule has 1 atom stereocenters. The van der Waals surface area contributed by atoms with Gasteiger partial charge >= 0.3 is 0 Å². The first-order valence-electron chi connectivity index (χ1n) is 8.22. The lowest BCUT2D eigenvalue weighted by Crippen LogP contribution is -2.50. The van der Waals surface area contributed by atoms with Crippen LogP contribution < -0.4 is 0 Å². The molecule has 1 aliphatic heterocycles. The van der Waals surface area contributed by atoms with E-state index in [-0.39, 0.29) is 11.6 Å². The van der Waals surface area contributed by atoms with Gasteiger partial charge in [0.15, 0.2) is 0 Å². The van der Waals surface area contributed by atoms with Crippen LogP contribution in [0.3, 0.4) is 0 Å². The molecule has 0 radical (unpaired) electrons. The summed E-state index contributed by atoms with van der Waals surface area (Å²) in [6.45, 7) is 6.49. The van der Waals surface area contributed by atoms with Crippen LogP contribution in [0.15, 0.2) is 10.7 Å². The number of aliphatic hydroxyl groups is 1. The Morgan fingerprint density at radius 3 is 2.38 bits per heavy atom. The number of hydrogen-bond acceptors (Lipinski definition) is 3. The molecule has 2 heterocycles. The summed E-state index contributed by atoms with van der Waals surface area (Å²) in [5.74, 6) is 0. The smallest absolute Gasteiger partial charge is 0.115 e. The van der Waals surface area contributed by atoms with Crippen molar-refractivity contribution >= 4 is 15.9 Å².